The van der Waals surface area contributed by atoms with Gasteiger partial charge in [0.05, 0.1) is 16.8 Å². The molecule has 0 amide bonds. The summed E-state index contributed by atoms with van der Waals surface area (Å²) in [5.41, 5.74) is 1.17. The zero-order valence-corrected chi connectivity index (χ0v) is 11.8. The van der Waals surface area contributed by atoms with E-state index in [4.69, 9.17) is 4.74 Å². The van der Waals surface area contributed by atoms with Gasteiger partial charge < -0.3 is 10.1 Å². The van der Waals surface area contributed by atoms with E-state index < -0.39 is 0 Å². The molecule has 0 radical (unpaired) electrons. The van der Waals surface area contributed by atoms with Gasteiger partial charge in [-0.1, -0.05) is 6.92 Å². The van der Waals surface area contributed by atoms with Crippen molar-refractivity contribution < 1.29 is 4.74 Å². The minimum Gasteiger partial charge on any atom is -0.377 e. The van der Waals surface area contributed by atoms with Crippen molar-refractivity contribution in [2.75, 3.05) is 13.2 Å². The van der Waals surface area contributed by atoms with E-state index in [1.54, 1.807) is 0 Å². The first kappa shape index (κ1) is 13.0. The van der Waals surface area contributed by atoms with Gasteiger partial charge >= 0.3 is 0 Å². The lowest BCUT2D eigenvalue weighted by molar-refractivity contribution is 0.0789. The minimum atomic E-state index is 0.375. The second-order valence-corrected chi connectivity index (χ2v) is 5.96. The number of nitrogens with one attached hydrogen (secondary N) is 1. The van der Waals surface area contributed by atoms with Gasteiger partial charge in [-0.05, 0) is 33.2 Å². The molecule has 2 rings (SSSR count). The summed E-state index contributed by atoms with van der Waals surface area (Å²) in [6.07, 6.45) is 3.75. The van der Waals surface area contributed by atoms with Crippen LogP contribution in [0, 0.1) is 13.8 Å². The van der Waals surface area contributed by atoms with Gasteiger partial charge in [-0.25, -0.2) is 4.98 Å². The van der Waals surface area contributed by atoms with Crippen LogP contribution >= 0.6 is 11.3 Å². The molecular formula is C13H22N2OS. The highest BCUT2D eigenvalue weighted by atomic mass is 32.1. The number of hydrogen-bond donors (Lipinski definition) is 1. The van der Waals surface area contributed by atoms with E-state index in [1.165, 1.54) is 28.4 Å². The molecule has 96 valence electrons. The molecule has 4 heteroatoms. The zero-order valence-electron chi connectivity index (χ0n) is 11.0. The molecule has 0 spiro atoms. The third-order valence-electron chi connectivity index (χ3n) is 3.35. The van der Waals surface area contributed by atoms with Crippen molar-refractivity contribution in [3.63, 3.8) is 0 Å². The highest BCUT2D eigenvalue weighted by Gasteiger charge is 2.26. The van der Waals surface area contributed by atoms with E-state index in [9.17, 15) is 0 Å². The number of thiazole rings is 1. The number of aromatic nitrogens is 1. The normalized spacial score (nSPS) is 21.9. The molecule has 3 nitrogen and oxygen atoms in total. The molecule has 0 aromatic carbocycles. The van der Waals surface area contributed by atoms with Crippen LogP contribution in [0.2, 0.25) is 0 Å². The lowest BCUT2D eigenvalue weighted by atomic mass is 10.1. The average molecular weight is 254 g/mol. The molecule has 17 heavy (non-hydrogen) atoms. The van der Waals surface area contributed by atoms with Gasteiger partial charge in [-0.2, -0.15) is 0 Å². The maximum atomic E-state index is 5.79. The Morgan fingerprint density at radius 1 is 1.53 bits per heavy atom. The third-order valence-corrected chi connectivity index (χ3v) is 4.44. The molecule has 1 aromatic heterocycles. The van der Waals surface area contributed by atoms with E-state index in [0.29, 0.717) is 12.1 Å². The van der Waals surface area contributed by atoms with Crippen LogP contribution in [0.4, 0.5) is 0 Å². The minimum absolute atomic E-state index is 0.375. The van der Waals surface area contributed by atoms with Crippen molar-refractivity contribution in [3.8, 4) is 0 Å². The summed E-state index contributed by atoms with van der Waals surface area (Å²) in [6, 6.07) is 0.424. The summed E-state index contributed by atoms with van der Waals surface area (Å²) in [4.78, 5) is 5.96. The molecule has 0 aliphatic carbocycles. The van der Waals surface area contributed by atoms with Crippen molar-refractivity contribution in [2.45, 2.75) is 52.2 Å². The zero-order chi connectivity index (χ0) is 12.3. The highest BCUT2D eigenvalue weighted by Crippen LogP contribution is 2.22. The lowest BCUT2D eigenvalue weighted by Crippen LogP contribution is -2.41. The van der Waals surface area contributed by atoms with Gasteiger partial charge in [0.2, 0.25) is 0 Å². The van der Waals surface area contributed by atoms with Crippen LogP contribution in [0.5, 0.6) is 0 Å². The molecule has 1 N–H and O–H groups in total. The van der Waals surface area contributed by atoms with Gasteiger partial charge in [-0.3, -0.25) is 0 Å². The summed E-state index contributed by atoms with van der Waals surface area (Å²) < 4.78 is 5.79. The molecule has 2 heterocycles. The van der Waals surface area contributed by atoms with E-state index in [2.05, 4.69) is 31.1 Å². The van der Waals surface area contributed by atoms with Gasteiger partial charge in [0.15, 0.2) is 0 Å². The largest absolute Gasteiger partial charge is 0.377 e. The van der Waals surface area contributed by atoms with Gasteiger partial charge in [-0.15, -0.1) is 11.3 Å². The first-order chi connectivity index (χ1) is 8.20. The molecule has 1 aliphatic rings. The van der Waals surface area contributed by atoms with Gasteiger partial charge in [0.1, 0.15) is 0 Å². The topological polar surface area (TPSA) is 34.2 Å². The third kappa shape index (κ3) is 3.27. The maximum Gasteiger partial charge on any atom is 0.0947 e. The maximum absolute atomic E-state index is 5.79. The van der Waals surface area contributed by atoms with E-state index in [0.717, 1.165) is 19.6 Å². The number of ether oxygens (including phenoxy) is 1. The molecule has 1 aromatic rings. The molecule has 0 bridgehead atoms. The summed E-state index contributed by atoms with van der Waals surface area (Å²) in [5.74, 6) is 0. The fraction of sp³-hybridized carbons (Fsp3) is 0.769. The molecular weight excluding hydrogens is 232 g/mol. The number of aryl methyl sites for hydroxylation is 2. The van der Waals surface area contributed by atoms with Crippen molar-refractivity contribution in [3.05, 3.63) is 15.6 Å². The molecule has 2 unspecified atom stereocenters. The number of rotatable bonds is 5. The summed E-state index contributed by atoms with van der Waals surface area (Å²) >= 11 is 1.82. The van der Waals surface area contributed by atoms with Crippen LogP contribution in [0.15, 0.2) is 0 Å². The first-order valence-corrected chi connectivity index (χ1v) is 7.30. The van der Waals surface area contributed by atoms with E-state index in [-0.39, 0.29) is 0 Å². The standard InChI is InChI=1S/C13H22N2OS/c1-4-14-11(12-6-5-7-16-12)8-13-15-9(2)10(3)17-13/h11-12,14H,4-8H2,1-3H3. The second-order valence-electron chi connectivity index (χ2n) is 4.67. The fourth-order valence-corrected chi connectivity index (χ4v) is 3.32. The molecule has 1 aliphatic heterocycles. The summed E-state index contributed by atoms with van der Waals surface area (Å²) in [5, 5.41) is 4.78. The Hall–Kier alpha value is -0.450. The van der Waals surface area contributed by atoms with Crippen LogP contribution in [0.1, 0.15) is 35.3 Å². The SMILES string of the molecule is CCNC(Cc1nc(C)c(C)s1)C1CCCO1. The first-order valence-electron chi connectivity index (χ1n) is 6.48. The molecule has 1 saturated heterocycles. The molecule has 0 saturated carbocycles. The lowest BCUT2D eigenvalue weighted by Gasteiger charge is -2.22. The van der Waals surface area contributed by atoms with Crippen molar-refractivity contribution >= 4 is 11.3 Å². The Balaban J connectivity index is 2.01. The van der Waals surface area contributed by atoms with Crippen molar-refractivity contribution in [2.24, 2.45) is 0 Å². The number of hydrogen-bond acceptors (Lipinski definition) is 4. The summed E-state index contributed by atoms with van der Waals surface area (Å²) in [6.45, 7) is 8.30. The molecule has 2 atom stereocenters. The predicted octanol–water partition coefficient (Wildman–Crippen LogP) is 2.46. The van der Waals surface area contributed by atoms with E-state index in [1.807, 2.05) is 11.3 Å². The van der Waals surface area contributed by atoms with Crippen LogP contribution < -0.4 is 5.32 Å². The van der Waals surface area contributed by atoms with Gasteiger partial charge in [0.25, 0.3) is 0 Å². The van der Waals surface area contributed by atoms with Crippen LogP contribution in [0.3, 0.4) is 0 Å². The number of likely N-dealkylation sites (N-methyl/N-ethyl adjacent to an activating group) is 1. The predicted molar refractivity (Wildman–Crippen MR) is 71.7 cm³/mol. The van der Waals surface area contributed by atoms with Gasteiger partial charge in [0, 0.05) is 23.9 Å². The van der Waals surface area contributed by atoms with E-state index >= 15 is 0 Å². The Kier molecular flexibility index (Phi) is 4.54. The number of nitrogens with zero attached hydrogens (tertiary/aromatic N) is 1. The smallest absolute Gasteiger partial charge is 0.0947 e. The van der Waals surface area contributed by atoms with Crippen LogP contribution in [0.25, 0.3) is 0 Å². The second kappa shape index (κ2) is 5.94. The quantitative estimate of drug-likeness (QED) is 0.876. The Morgan fingerprint density at radius 2 is 2.35 bits per heavy atom. The van der Waals surface area contributed by atoms with Crippen LogP contribution in [-0.2, 0) is 11.2 Å². The molecule has 1 fully saturated rings. The Morgan fingerprint density at radius 3 is 2.88 bits per heavy atom. The van der Waals surface area contributed by atoms with Crippen LogP contribution in [-0.4, -0.2) is 30.3 Å². The average Bonchev–Trinajstić information content (AvgIpc) is 2.89. The fourth-order valence-electron chi connectivity index (χ4n) is 2.33. The van der Waals surface area contributed by atoms with Crippen molar-refractivity contribution in [1.82, 2.24) is 10.3 Å². The summed E-state index contributed by atoms with van der Waals surface area (Å²) in [7, 11) is 0. The monoisotopic (exact) mass is 254 g/mol. The van der Waals surface area contributed by atoms with Crippen molar-refractivity contribution in [1.29, 1.82) is 0 Å². The highest BCUT2D eigenvalue weighted by molar-refractivity contribution is 7.11. The Bertz CT molecular complexity index is 339. The Labute approximate surface area is 108 Å².